The van der Waals surface area contributed by atoms with Crippen molar-refractivity contribution in [2.24, 2.45) is 5.10 Å². The van der Waals surface area contributed by atoms with E-state index >= 15 is 0 Å². The summed E-state index contributed by atoms with van der Waals surface area (Å²) in [4.78, 5) is 23.2. The molecule has 0 aliphatic rings. The van der Waals surface area contributed by atoms with Crippen LogP contribution >= 0.6 is 0 Å². The Bertz CT molecular complexity index is 1020. The van der Waals surface area contributed by atoms with Crippen molar-refractivity contribution in [3.63, 3.8) is 0 Å². The summed E-state index contributed by atoms with van der Waals surface area (Å²) in [7, 11) is -4.21. The van der Waals surface area contributed by atoms with Gasteiger partial charge >= 0.3 is 5.63 Å². The third-order valence-corrected chi connectivity index (χ3v) is 4.29. The van der Waals surface area contributed by atoms with Crippen molar-refractivity contribution in [2.45, 2.75) is 18.7 Å². The smallest absolute Gasteiger partial charge is 0.348 e. The summed E-state index contributed by atoms with van der Waals surface area (Å²) in [6.45, 7) is 2.75. The lowest BCUT2D eigenvalue weighted by molar-refractivity contribution is -0.385. The van der Waals surface area contributed by atoms with Crippen molar-refractivity contribution in [3.05, 3.63) is 62.2 Å². The fraction of sp³-hybridized carbons (Fsp3) is 0.143. The van der Waals surface area contributed by atoms with Gasteiger partial charge in [0.05, 0.1) is 15.5 Å². The van der Waals surface area contributed by atoms with Gasteiger partial charge in [0.2, 0.25) is 0 Å². The summed E-state index contributed by atoms with van der Waals surface area (Å²) < 4.78 is 29.1. The molecule has 0 saturated heterocycles. The van der Waals surface area contributed by atoms with Gasteiger partial charge in [0.25, 0.3) is 15.7 Å². The van der Waals surface area contributed by atoms with E-state index in [1.165, 1.54) is 26.0 Å². The summed E-state index contributed by atoms with van der Waals surface area (Å²) >= 11 is 0. The number of nitro benzene ring substituents is 1. The lowest BCUT2D eigenvalue weighted by Gasteiger charge is -2.06. The Morgan fingerprint density at radius 2 is 2.04 bits per heavy atom. The molecule has 0 saturated carbocycles. The van der Waals surface area contributed by atoms with Gasteiger partial charge in [0, 0.05) is 18.2 Å². The summed E-state index contributed by atoms with van der Waals surface area (Å²) in [6.07, 6.45) is 0. The standard InChI is InChI=1S/C14H13N3O7S/c1-8-6-12(18)13(14(19)24-8)9(2)15-16-25(22,23)11-5-3-4-10(7-11)17(20)21/h3-7,16,18H,1-2H3/b15-9-. The average Bonchev–Trinajstić information content (AvgIpc) is 2.52. The minimum absolute atomic E-state index is 0.139. The monoisotopic (exact) mass is 367 g/mol. The van der Waals surface area contributed by atoms with Crippen molar-refractivity contribution in [1.82, 2.24) is 4.83 Å². The van der Waals surface area contributed by atoms with Gasteiger partial charge in [-0.05, 0) is 19.9 Å². The van der Waals surface area contributed by atoms with Gasteiger partial charge in [0.15, 0.2) is 0 Å². The van der Waals surface area contributed by atoms with Crippen LogP contribution in [0.15, 0.2) is 49.5 Å². The van der Waals surface area contributed by atoms with Gasteiger partial charge < -0.3 is 9.52 Å². The topological polar surface area (TPSA) is 152 Å². The molecule has 0 atom stereocenters. The highest BCUT2D eigenvalue weighted by atomic mass is 32.2. The Labute approximate surface area is 141 Å². The summed E-state index contributed by atoms with van der Waals surface area (Å²) in [6, 6.07) is 5.56. The normalized spacial score (nSPS) is 12.0. The van der Waals surface area contributed by atoms with Crippen LogP contribution in [0.4, 0.5) is 5.69 Å². The number of aryl methyl sites for hydroxylation is 1. The molecule has 10 nitrogen and oxygen atoms in total. The molecule has 1 aromatic carbocycles. The van der Waals surface area contributed by atoms with E-state index < -0.39 is 32.0 Å². The molecule has 132 valence electrons. The largest absolute Gasteiger partial charge is 0.507 e. The molecule has 1 aromatic heterocycles. The molecule has 25 heavy (non-hydrogen) atoms. The first-order valence-electron chi connectivity index (χ1n) is 6.76. The van der Waals surface area contributed by atoms with Crippen LogP contribution in [0.25, 0.3) is 0 Å². The number of hydrazone groups is 1. The molecular formula is C14H13N3O7S. The molecular weight excluding hydrogens is 354 g/mol. The molecule has 0 spiro atoms. The van der Waals surface area contributed by atoms with Crippen LogP contribution < -0.4 is 10.5 Å². The third-order valence-electron chi connectivity index (χ3n) is 3.09. The average molecular weight is 367 g/mol. The van der Waals surface area contributed by atoms with E-state index in [2.05, 4.69) is 5.10 Å². The molecule has 11 heteroatoms. The van der Waals surface area contributed by atoms with Crippen LogP contribution in [0.3, 0.4) is 0 Å². The lowest BCUT2D eigenvalue weighted by atomic mass is 10.2. The lowest BCUT2D eigenvalue weighted by Crippen LogP contribution is -2.22. The number of rotatable bonds is 5. The van der Waals surface area contributed by atoms with E-state index in [1.54, 1.807) is 0 Å². The fourth-order valence-corrected chi connectivity index (χ4v) is 2.83. The second-order valence-electron chi connectivity index (χ2n) is 4.95. The van der Waals surface area contributed by atoms with Crippen LogP contribution in [0, 0.1) is 17.0 Å². The quantitative estimate of drug-likeness (QED) is 0.458. The summed E-state index contributed by atoms with van der Waals surface area (Å²) in [5, 5.41) is 24.1. The van der Waals surface area contributed by atoms with Gasteiger partial charge in [0.1, 0.15) is 17.1 Å². The van der Waals surface area contributed by atoms with Crippen LogP contribution in [0.2, 0.25) is 0 Å². The Balaban J connectivity index is 2.36. The molecule has 0 amide bonds. The maximum absolute atomic E-state index is 12.2. The van der Waals surface area contributed by atoms with E-state index in [-0.39, 0.29) is 21.9 Å². The highest BCUT2D eigenvalue weighted by molar-refractivity contribution is 7.89. The molecule has 0 aliphatic carbocycles. The number of nitrogens with zero attached hydrogens (tertiary/aromatic N) is 2. The highest BCUT2D eigenvalue weighted by Gasteiger charge is 2.18. The number of aromatic hydroxyl groups is 1. The molecule has 2 N–H and O–H groups in total. The summed E-state index contributed by atoms with van der Waals surface area (Å²) in [5.41, 5.74) is -1.72. The van der Waals surface area contributed by atoms with Crippen molar-refractivity contribution in [3.8, 4) is 5.75 Å². The van der Waals surface area contributed by atoms with Crippen molar-refractivity contribution < 1.29 is 22.9 Å². The molecule has 0 fully saturated rings. The van der Waals surface area contributed by atoms with Gasteiger partial charge in [-0.25, -0.2) is 4.79 Å². The van der Waals surface area contributed by atoms with Crippen molar-refractivity contribution in [2.75, 3.05) is 0 Å². The molecule has 0 bridgehead atoms. The molecule has 2 rings (SSSR count). The molecule has 0 radical (unpaired) electrons. The van der Waals surface area contributed by atoms with Crippen LogP contribution in [0.5, 0.6) is 5.75 Å². The van der Waals surface area contributed by atoms with E-state index in [1.807, 2.05) is 4.83 Å². The third kappa shape index (κ3) is 4.01. The molecule has 0 aliphatic heterocycles. The van der Waals surface area contributed by atoms with Crippen molar-refractivity contribution >= 4 is 21.4 Å². The number of non-ortho nitro benzene ring substituents is 1. The van der Waals surface area contributed by atoms with E-state index in [9.17, 15) is 28.4 Å². The predicted molar refractivity (Wildman–Crippen MR) is 87.0 cm³/mol. The zero-order chi connectivity index (χ0) is 18.8. The van der Waals surface area contributed by atoms with E-state index in [0.717, 1.165) is 18.2 Å². The van der Waals surface area contributed by atoms with Crippen LogP contribution in [-0.4, -0.2) is 24.2 Å². The first kappa shape index (κ1) is 18.1. The number of benzene rings is 1. The van der Waals surface area contributed by atoms with Crippen LogP contribution in [-0.2, 0) is 10.0 Å². The maximum Gasteiger partial charge on any atom is 0.348 e. The Kier molecular flexibility index (Phi) is 4.88. The van der Waals surface area contributed by atoms with Crippen molar-refractivity contribution in [1.29, 1.82) is 0 Å². The summed E-state index contributed by atoms with van der Waals surface area (Å²) in [5.74, 6) is -0.235. The first-order valence-corrected chi connectivity index (χ1v) is 8.25. The van der Waals surface area contributed by atoms with E-state index in [4.69, 9.17) is 4.42 Å². The van der Waals surface area contributed by atoms with Gasteiger partial charge in [-0.3, -0.25) is 10.1 Å². The van der Waals surface area contributed by atoms with Crippen LogP contribution in [0.1, 0.15) is 18.2 Å². The number of nitro groups is 1. The molecule has 0 unspecified atom stereocenters. The first-order chi connectivity index (χ1) is 11.6. The second kappa shape index (κ2) is 6.73. The minimum atomic E-state index is -4.21. The number of sulfonamides is 1. The number of hydrogen-bond acceptors (Lipinski definition) is 8. The minimum Gasteiger partial charge on any atom is -0.507 e. The van der Waals surface area contributed by atoms with Gasteiger partial charge in [-0.1, -0.05) is 6.07 Å². The number of nitrogens with one attached hydrogen (secondary N) is 1. The zero-order valence-electron chi connectivity index (χ0n) is 13.1. The maximum atomic E-state index is 12.2. The fourth-order valence-electron chi connectivity index (χ4n) is 1.93. The Morgan fingerprint density at radius 3 is 2.64 bits per heavy atom. The zero-order valence-corrected chi connectivity index (χ0v) is 13.9. The Morgan fingerprint density at radius 1 is 1.36 bits per heavy atom. The Hall–Kier alpha value is -3.21. The van der Waals surface area contributed by atoms with E-state index in [0.29, 0.717) is 0 Å². The molecule has 2 aromatic rings. The SMILES string of the molecule is C/C(=N/NS(=O)(=O)c1cccc([N+](=O)[O-])c1)c1c(O)cc(C)oc1=O. The van der Waals surface area contributed by atoms with Gasteiger partial charge in [-0.2, -0.15) is 18.4 Å². The second-order valence-corrected chi connectivity index (χ2v) is 6.61. The molecule has 1 heterocycles. The number of hydrogen-bond donors (Lipinski definition) is 2. The highest BCUT2D eigenvalue weighted by Crippen LogP contribution is 2.18. The van der Waals surface area contributed by atoms with Gasteiger partial charge in [-0.15, -0.1) is 0 Å². The predicted octanol–water partition coefficient (Wildman–Crippen LogP) is 1.26.